The third kappa shape index (κ3) is 16.5. The summed E-state index contributed by atoms with van der Waals surface area (Å²) in [7, 11) is 0. The van der Waals surface area contributed by atoms with Gasteiger partial charge >= 0.3 is 18.2 Å². The van der Waals surface area contributed by atoms with Gasteiger partial charge in [-0.05, 0) is 91.3 Å². The molecule has 0 radical (unpaired) electrons. The Morgan fingerprint density at radius 3 is 2.17 bits per heavy atom. The Hall–Kier alpha value is -4.81. The Kier molecular flexibility index (Phi) is 16.2. The summed E-state index contributed by atoms with van der Waals surface area (Å²) in [5, 5.41) is 7.80. The number of fused-ring (bicyclic) bond motifs is 2. The first-order valence-corrected chi connectivity index (χ1v) is 18.3. The highest BCUT2D eigenvalue weighted by atomic mass is 16.6. The van der Waals surface area contributed by atoms with Crippen LogP contribution < -0.4 is 26.4 Å². The molecule has 5 N–H and O–H groups in total. The first kappa shape index (κ1) is 41.6. The predicted molar refractivity (Wildman–Crippen MR) is 204 cm³/mol. The molecule has 1 aliphatic rings. The van der Waals surface area contributed by atoms with Crippen molar-refractivity contribution >= 4 is 30.1 Å². The maximum atomic E-state index is 13.3. The molecule has 4 amide bonds. The fraction of sp³-hybridized carbons (Fsp3) is 0.564. The van der Waals surface area contributed by atoms with Crippen LogP contribution in [-0.2, 0) is 29.0 Å². The molecule has 3 rings (SSSR count). The zero-order chi connectivity index (χ0) is 38.1. The van der Waals surface area contributed by atoms with Gasteiger partial charge in [0.1, 0.15) is 23.6 Å². The van der Waals surface area contributed by atoms with Crippen LogP contribution in [0.4, 0.5) is 14.4 Å². The van der Waals surface area contributed by atoms with Crippen molar-refractivity contribution in [3.8, 4) is 5.75 Å². The lowest BCUT2D eigenvalue weighted by Crippen LogP contribution is -2.47. The average Bonchev–Trinajstić information content (AvgIpc) is 3.03. The van der Waals surface area contributed by atoms with Gasteiger partial charge in [-0.25, -0.2) is 19.4 Å². The van der Waals surface area contributed by atoms with Gasteiger partial charge in [-0.15, -0.1) is 0 Å². The number of guanidine groups is 2. The maximum Gasteiger partial charge on any atom is 0.414 e. The summed E-state index contributed by atoms with van der Waals surface area (Å²) >= 11 is 0. The van der Waals surface area contributed by atoms with Crippen molar-refractivity contribution < 1.29 is 28.6 Å². The minimum absolute atomic E-state index is 0.0167. The number of urea groups is 1. The molecule has 0 aliphatic carbocycles. The number of nitrogens with two attached hydrogens (primary N) is 1. The quantitative estimate of drug-likeness (QED) is 0.122. The van der Waals surface area contributed by atoms with Crippen molar-refractivity contribution in [3.05, 3.63) is 64.7 Å². The Labute approximate surface area is 309 Å². The van der Waals surface area contributed by atoms with E-state index in [2.05, 4.69) is 38.1 Å². The first-order chi connectivity index (χ1) is 24.6. The van der Waals surface area contributed by atoms with Crippen molar-refractivity contribution in [2.45, 2.75) is 124 Å². The van der Waals surface area contributed by atoms with Crippen molar-refractivity contribution in [1.29, 1.82) is 0 Å². The second-order valence-electron chi connectivity index (χ2n) is 15.0. The topological polar surface area (TPSA) is 169 Å². The Balaban J connectivity index is 1.51. The fourth-order valence-corrected chi connectivity index (χ4v) is 5.47. The van der Waals surface area contributed by atoms with Crippen LogP contribution in [0.5, 0.6) is 5.75 Å². The smallest absolute Gasteiger partial charge is 0.414 e. The molecule has 2 aromatic carbocycles. The third-order valence-electron chi connectivity index (χ3n) is 7.88. The molecule has 1 heterocycles. The van der Waals surface area contributed by atoms with Crippen molar-refractivity contribution in [2.75, 3.05) is 19.6 Å². The molecule has 0 aromatic heterocycles. The summed E-state index contributed by atoms with van der Waals surface area (Å²) in [6.45, 7) is 14.9. The number of aliphatic imine (C=N–C) groups is 2. The molecular formula is C39H59N7O6. The molecule has 13 heteroatoms. The molecule has 0 unspecified atom stereocenters. The van der Waals surface area contributed by atoms with Crippen molar-refractivity contribution in [3.63, 3.8) is 0 Å². The molecule has 0 saturated carbocycles. The molecule has 0 saturated heterocycles. The number of ether oxygens (including phenoxy) is 3. The zero-order valence-electron chi connectivity index (χ0n) is 32.1. The van der Waals surface area contributed by atoms with Gasteiger partial charge in [-0.1, -0.05) is 67.6 Å². The molecule has 0 fully saturated rings. The van der Waals surface area contributed by atoms with E-state index < -0.39 is 23.4 Å². The number of hydrogen-bond acceptors (Lipinski definition) is 9. The van der Waals surface area contributed by atoms with Crippen LogP contribution in [0.1, 0.15) is 109 Å². The number of amides is 4. The van der Waals surface area contributed by atoms with E-state index in [1.54, 1.807) is 41.5 Å². The van der Waals surface area contributed by atoms with E-state index in [4.69, 9.17) is 19.9 Å². The second-order valence-corrected chi connectivity index (χ2v) is 15.0. The number of hydrogen-bond donors (Lipinski definition) is 4. The third-order valence-corrected chi connectivity index (χ3v) is 7.88. The van der Waals surface area contributed by atoms with E-state index in [-0.39, 0.29) is 24.5 Å². The van der Waals surface area contributed by atoms with Gasteiger partial charge in [0.25, 0.3) is 0 Å². The minimum Gasteiger partial charge on any atom is -0.489 e. The van der Waals surface area contributed by atoms with Crippen LogP contribution in [0.15, 0.2) is 52.4 Å². The van der Waals surface area contributed by atoms with Crippen molar-refractivity contribution in [1.82, 2.24) is 20.9 Å². The zero-order valence-corrected chi connectivity index (χ0v) is 32.1. The Morgan fingerprint density at radius 2 is 1.52 bits per heavy atom. The van der Waals surface area contributed by atoms with Gasteiger partial charge in [0.2, 0.25) is 5.96 Å². The normalized spacial score (nSPS) is 14.2. The van der Waals surface area contributed by atoms with Crippen LogP contribution in [-0.4, -0.2) is 65.9 Å². The van der Waals surface area contributed by atoms with E-state index in [9.17, 15) is 14.4 Å². The largest absolute Gasteiger partial charge is 0.489 e. The molecular weight excluding hydrogens is 662 g/mol. The van der Waals surface area contributed by atoms with E-state index in [1.807, 2.05) is 42.2 Å². The Bertz CT molecular complexity index is 1510. The first-order valence-electron chi connectivity index (χ1n) is 18.3. The van der Waals surface area contributed by atoms with Gasteiger partial charge in [-0.2, -0.15) is 0 Å². The molecule has 13 nitrogen and oxygen atoms in total. The number of rotatable bonds is 9. The van der Waals surface area contributed by atoms with Gasteiger partial charge in [0, 0.05) is 25.2 Å². The Morgan fingerprint density at radius 1 is 0.904 bits per heavy atom. The molecule has 2 aromatic rings. The molecule has 286 valence electrons. The van der Waals surface area contributed by atoms with Crippen molar-refractivity contribution in [2.24, 2.45) is 15.7 Å². The molecule has 0 bridgehead atoms. The lowest BCUT2D eigenvalue weighted by molar-refractivity contribution is 0.0545. The number of unbranched alkanes of at least 4 members (excludes halogenated alkanes) is 5. The summed E-state index contributed by atoms with van der Waals surface area (Å²) in [5.74, 6) is 0.814. The number of nitrogens with zero attached hydrogens (tertiary/aromatic N) is 3. The summed E-state index contributed by atoms with van der Waals surface area (Å²) in [4.78, 5) is 48.6. The minimum atomic E-state index is -0.718. The number of alkyl carbamates (subject to hydrolysis) is 2. The molecule has 0 atom stereocenters. The molecule has 1 aliphatic heterocycles. The lowest BCUT2D eigenvalue weighted by atomic mass is 10.0. The van der Waals surface area contributed by atoms with E-state index >= 15 is 0 Å². The van der Waals surface area contributed by atoms with Crippen LogP contribution in [0.2, 0.25) is 0 Å². The van der Waals surface area contributed by atoms with Crippen LogP contribution in [0.25, 0.3) is 0 Å². The highest BCUT2D eigenvalue weighted by molar-refractivity contribution is 6.01. The number of benzene rings is 2. The summed E-state index contributed by atoms with van der Waals surface area (Å²) in [5.41, 5.74) is 9.09. The van der Waals surface area contributed by atoms with Crippen LogP contribution >= 0.6 is 0 Å². The van der Waals surface area contributed by atoms with Crippen LogP contribution in [0, 0.1) is 6.92 Å². The summed E-state index contributed by atoms with van der Waals surface area (Å²) in [6, 6.07) is 14.0. The lowest BCUT2D eigenvalue weighted by Gasteiger charge is -2.23. The average molecular weight is 722 g/mol. The number of nitrogens with one attached hydrogen (secondary N) is 3. The van der Waals surface area contributed by atoms with E-state index in [1.165, 1.54) is 5.56 Å². The van der Waals surface area contributed by atoms with E-state index in [0.29, 0.717) is 26.2 Å². The second kappa shape index (κ2) is 20.3. The summed E-state index contributed by atoms with van der Waals surface area (Å²) < 4.78 is 16.8. The fourth-order valence-electron chi connectivity index (χ4n) is 5.47. The van der Waals surface area contributed by atoms with E-state index in [0.717, 1.165) is 73.8 Å². The van der Waals surface area contributed by atoms with Gasteiger partial charge in [0.05, 0.1) is 6.54 Å². The SMILES string of the molecule is Cc1ccc2c(c1)CN=C(N)NC(=O)N(CCCCCCCCN=C(NC(=O)OC(C)(C)C)NC(=O)OC(C)(C)C)CCCc1ccccc1CO2. The number of carbonyl (C=O) groups excluding carboxylic acids is 3. The summed E-state index contributed by atoms with van der Waals surface area (Å²) in [6.07, 6.45) is 5.64. The highest BCUT2D eigenvalue weighted by Gasteiger charge is 2.21. The van der Waals surface area contributed by atoms with Crippen LogP contribution in [0.3, 0.4) is 0 Å². The number of carbonyl (C=O) groups is 3. The van der Waals surface area contributed by atoms with Gasteiger partial charge in [0.15, 0.2) is 5.96 Å². The van der Waals surface area contributed by atoms with Gasteiger partial charge in [-0.3, -0.25) is 20.9 Å². The number of aryl methyl sites for hydroxylation is 2. The predicted octanol–water partition coefficient (Wildman–Crippen LogP) is 7.09. The highest BCUT2D eigenvalue weighted by Crippen LogP contribution is 2.24. The maximum absolute atomic E-state index is 13.3. The monoisotopic (exact) mass is 721 g/mol. The molecule has 52 heavy (non-hydrogen) atoms. The molecule has 0 spiro atoms. The standard InChI is InChI=1S/C39H59N7O6/c1-28-20-21-32-31(25-28)26-42-33(40)43-35(47)46(24-16-19-29-17-12-13-18-30(29)27-50-32)23-15-11-9-8-10-14-22-41-34(44-36(48)51-38(2,3)4)45-37(49)52-39(5,6)7/h12-13,17-18,20-21,25H,8-11,14-16,19,22-24,26-27H2,1-7H3,(H3,40,42,43,47)(H2,41,44,45,48,49). The van der Waals surface area contributed by atoms with Gasteiger partial charge < -0.3 is 24.8 Å².